The van der Waals surface area contributed by atoms with Gasteiger partial charge in [0.25, 0.3) is 0 Å². The van der Waals surface area contributed by atoms with Crippen LogP contribution in [0.4, 0.5) is 0 Å². The second kappa shape index (κ2) is 5.14. The minimum Gasteiger partial charge on any atom is -0.0669 e. The van der Waals surface area contributed by atoms with Crippen molar-refractivity contribution in [3.8, 4) is 0 Å². The van der Waals surface area contributed by atoms with E-state index in [1.165, 1.54) is 0 Å². The summed E-state index contributed by atoms with van der Waals surface area (Å²) in [7, 11) is 0. The van der Waals surface area contributed by atoms with Crippen molar-refractivity contribution in [2.24, 2.45) is 27.1 Å². The molecule has 0 aromatic heterocycles. The Bertz CT molecular complexity index is 675. The standard InChI is InChI=1S/C25H42/c1-15-18(4)24(13)19(5)16(2)23(11,12)25(14,22(15,9)10)20(6)17(3)21(24,7)8/h1-14H3/b18-15-,19-16+,20-17+. The van der Waals surface area contributed by atoms with Gasteiger partial charge < -0.3 is 0 Å². The topological polar surface area (TPSA) is 0 Å². The van der Waals surface area contributed by atoms with Crippen molar-refractivity contribution in [1.29, 1.82) is 0 Å². The number of fused-ring (bicyclic) bond motifs is 3. The van der Waals surface area contributed by atoms with Gasteiger partial charge in [0, 0.05) is 10.8 Å². The fourth-order valence-corrected chi connectivity index (χ4v) is 6.59. The highest BCUT2D eigenvalue weighted by Gasteiger charge is 2.61. The van der Waals surface area contributed by atoms with Gasteiger partial charge in [-0.05, 0) is 57.8 Å². The first-order valence-electron chi connectivity index (χ1n) is 10.0. The first-order chi connectivity index (χ1) is 10.9. The van der Waals surface area contributed by atoms with Crippen molar-refractivity contribution in [1.82, 2.24) is 0 Å². The molecule has 0 saturated carbocycles. The summed E-state index contributed by atoms with van der Waals surface area (Å²) in [5.74, 6) is 0. The molecule has 0 radical (unpaired) electrons. The molecule has 0 nitrogen and oxygen atoms in total. The summed E-state index contributed by atoms with van der Waals surface area (Å²) in [6, 6.07) is 0. The summed E-state index contributed by atoms with van der Waals surface area (Å²) in [4.78, 5) is 0. The van der Waals surface area contributed by atoms with E-state index >= 15 is 0 Å². The highest BCUT2D eigenvalue weighted by Crippen LogP contribution is 2.70. The molecular formula is C25H42. The van der Waals surface area contributed by atoms with Gasteiger partial charge in [-0.3, -0.25) is 0 Å². The van der Waals surface area contributed by atoms with Crippen LogP contribution < -0.4 is 0 Å². The second-order valence-corrected chi connectivity index (χ2v) is 10.9. The molecule has 0 aromatic carbocycles. The number of rotatable bonds is 0. The van der Waals surface area contributed by atoms with Crippen molar-refractivity contribution in [2.75, 3.05) is 0 Å². The van der Waals surface area contributed by atoms with E-state index in [4.69, 9.17) is 0 Å². The smallest absolute Gasteiger partial charge is 0.0180 e. The van der Waals surface area contributed by atoms with Gasteiger partial charge in [0.1, 0.15) is 0 Å². The van der Waals surface area contributed by atoms with E-state index in [0.717, 1.165) is 0 Å². The van der Waals surface area contributed by atoms with E-state index in [1.54, 1.807) is 33.4 Å². The molecule has 25 heavy (non-hydrogen) atoms. The fourth-order valence-electron chi connectivity index (χ4n) is 6.59. The van der Waals surface area contributed by atoms with E-state index in [2.05, 4.69) is 96.9 Å². The third-order valence-corrected chi connectivity index (χ3v) is 10.5. The molecule has 3 aliphatic carbocycles. The Hall–Kier alpha value is -0.780. The van der Waals surface area contributed by atoms with Gasteiger partial charge in [0.15, 0.2) is 0 Å². The van der Waals surface area contributed by atoms with Crippen LogP contribution in [-0.4, -0.2) is 0 Å². The SMILES string of the molecule is C/C1=C(\C)C2(C)/C(C)=C(\C)C(C)(C)C(C)(/C(C)=C(\C)C2(C)C)C1(C)C. The van der Waals surface area contributed by atoms with Gasteiger partial charge in [0.2, 0.25) is 0 Å². The van der Waals surface area contributed by atoms with E-state index in [0.29, 0.717) is 0 Å². The van der Waals surface area contributed by atoms with Crippen LogP contribution in [0, 0.1) is 27.1 Å². The maximum absolute atomic E-state index is 2.53. The van der Waals surface area contributed by atoms with E-state index in [-0.39, 0.29) is 27.1 Å². The summed E-state index contributed by atoms with van der Waals surface area (Å²) in [6.07, 6.45) is 0. The maximum atomic E-state index is 2.53. The number of hydrogen-bond acceptors (Lipinski definition) is 0. The average molecular weight is 343 g/mol. The van der Waals surface area contributed by atoms with Crippen LogP contribution in [0.25, 0.3) is 0 Å². The summed E-state index contributed by atoms with van der Waals surface area (Å²) < 4.78 is 0. The van der Waals surface area contributed by atoms with Crippen molar-refractivity contribution < 1.29 is 0 Å². The Morgan fingerprint density at radius 1 is 0.360 bits per heavy atom. The van der Waals surface area contributed by atoms with E-state index < -0.39 is 0 Å². The zero-order valence-corrected chi connectivity index (χ0v) is 19.5. The molecule has 0 spiro atoms. The Morgan fingerprint density at radius 2 is 0.640 bits per heavy atom. The van der Waals surface area contributed by atoms with Crippen LogP contribution in [0.15, 0.2) is 33.4 Å². The lowest BCUT2D eigenvalue weighted by molar-refractivity contribution is 0.0268. The predicted octanol–water partition coefficient (Wildman–Crippen LogP) is 8.11. The van der Waals surface area contributed by atoms with Crippen molar-refractivity contribution in [3.63, 3.8) is 0 Å². The minimum atomic E-state index is 0.0444. The molecule has 0 heterocycles. The van der Waals surface area contributed by atoms with Gasteiger partial charge in [0.05, 0.1) is 0 Å². The third-order valence-electron chi connectivity index (χ3n) is 10.5. The lowest BCUT2D eigenvalue weighted by atomic mass is 9.39. The molecule has 2 atom stereocenters. The monoisotopic (exact) mass is 342 g/mol. The van der Waals surface area contributed by atoms with Crippen LogP contribution >= 0.6 is 0 Å². The van der Waals surface area contributed by atoms with Crippen molar-refractivity contribution in [2.45, 2.75) is 96.9 Å². The van der Waals surface area contributed by atoms with Crippen LogP contribution in [-0.2, 0) is 0 Å². The van der Waals surface area contributed by atoms with Crippen LogP contribution in [0.1, 0.15) is 96.9 Å². The Kier molecular flexibility index (Phi) is 4.22. The summed E-state index contributed by atoms with van der Waals surface area (Å²) >= 11 is 0. The molecule has 3 aliphatic rings. The number of hydrogen-bond donors (Lipinski definition) is 0. The Morgan fingerprint density at radius 3 is 0.960 bits per heavy atom. The van der Waals surface area contributed by atoms with Gasteiger partial charge >= 0.3 is 0 Å². The zero-order valence-electron chi connectivity index (χ0n) is 19.5. The predicted molar refractivity (Wildman–Crippen MR) is 113 cm³/mol. The highest BCUT2D eigenvalue weighted by atomic mass is 14.6. The lowest BCUT2D eigenvalue weighted by Crippen LogP contribution is -2.55. The molecule has 2 unspecified atom stereocenters. The van der Waals surface area contributed by atoms with Crippen LogP contribution in [0.2, 0.25) is 0 Å². The zero-order chi connectivity index (χ0) is 20.0. The van der Waals surface area contributed by atoms with Gasteiger partial charge in [-0.2, -0.15) is 0 Å². The summed E-state index contributed by atoms with van der Waals surface area (Å²) in [6.45, 7) is 34.3. The molecule has 0 fully saturated rings. The summed E-state index contributed by atoms with van der Waals surface area (Å²) in [5, 5.41) is 0. The van der Waals surface area contributed by atoms with Crippen LogP contribution in [0.5, 0.6) is 0 Å². The molecule has 2 bridgehead atoms. The maximum Gasteiger partial charge on any atom is 0.0180 e. The molecule has 0 aromatic rings. The molecule has 0 heteroatoms. The average Bonchev–Trinajstić information content (AvgIpc) is 2.53. The van der Waals surface area contributed by atoms with Gasteiger partial charge in [-0.25, -0.2) is 0 Å². The highest BCUT2D eigenvalue weighted by molar-refractivity contribution is 5.51. The van der Waals surface area contributed by atoms with Crippen LogP contribution in [0.3, 0.4) is 0 Å². The van der Waals surface area contributed by atoms with Gasteiger partial charge in [-0.1, -0.05) is 88.8 Å². The molecule has 142 valence electrons. The second-order valence-electron chi connectivity index (χ2n) is 10.9. The lowest BCUT2D eigenvalue weighted by Gasteiger charge is -2.64. The Balaban J connectivity index is 3.28. The first-order valence-corrected chi connectivity index (χ1v) is 10.0. The molecule has 0 N–H and O–H groups in total. The Labute approximate surface area is 157 Å². The van der Waals surface area contributed by atoms with Crippen molar-refractivity contribution in [3.05, 3.63) is 33.4 Å². The summed E-state index contributed by atoms with van der Waals surface area (Å²) in [5.41, 5.74) is 9.91. The molecule has 0 saturated heterocycles. The normalized spacial score (nSPS) is 45.8. The van der Waals surface area contributed by atoms with Crippen molar-refractivity contribution >= 4 is 0 Å². The van der Waals surface area contributed by atoms with E-state index in [1.807, 2.05) is 0 Å². The van der Waals surface area contributed by atoms with E-state index in [9.17, 15) is 0 Å². The largest absolute Gasteiger partial charge is 0.0669 e. The minimum absolute atomic E-state index is 0.0444. The first kappa shape index (κ1) is 20.5. The molecule has 0 amide bonds. The molecule has 0 aliphatic heterocycles. The third kappa shape index (κ3) is 1.90. The molecular weight excluding hydrogens is 300 g/mol. The van der Waals surface area contributed by atoms with Gasteiger partial charge in [-0.15, -0.1) is 0 Å². The fraction of sp³-hybridized carbons (Fsp3) is 0.760. The molecule has 3 rings (SSSR count). The quantitative estimate of drug-likeness (QED) is 0.390. The number of allylic oxidation sites excluding steroid dienone is 6.